The highest BCUT2D eigenvalue weighted by Gasteiger charge is 2.12. The number of amides is 2. The molecule has 0 bridgehead atoms. The molecule has 0 atom stereocenters. The minimum absolute atomic E-state index is 0.137. The highest BCUT2D eigenvalue weighted by atomic mass is 35.5. The average Bonchev–Trinajstić information content (AvgIpc) is 2.57. The third kappa shape index (κ3) is 6.26. The van der Waals surface area contributed by atoms with E-state index in [1.54, 1.807) is 12.1 Å². The van der Waals surface area contributed by atoms with Gasteiger partial charge in [0.1, 0.15) is 5.75 Å². The third-order valence-corrected chi connectivity index (χ3v) is 4.27. The first-order chi connectivity index (χ1) is 12.3. The van der Waals surface area contributed by atoms with E-state index in [0.29, 0.717) is 18.2 Å². The van der Waals surface area contributed by atoms with Gasteiger partial charge in [0.25, 0.3) is 0 Å². The van der Waals surface area contributed by atoms with E-state index in [9.17, 15) is 4.79 Å². The van der Waals surface area contributed by atoms with Gasteiger partial charge in [0.2, 0.25) is 0 Å². The maximum atomic E-state index is 11.9. The van der Waals surface area contributed by atoms with Crippen molar-refractivity contribution in [3.8, 4) is 5.75 Å². The lowest BCUT2D eigenvalue weighted by molar-refractivity contribution is 0.250. The predicted octanol–water partition coefficient (Wildman–Crippen LogP) is 5.54. The Bertz CT molecular complexity index is 737. The first kappa shape index (κ1) is 20.1. The molecule has 0 radical (unpaired) electrons. The monoisotopic (exact) mass is 374 g/mol. The molecular weight excluding hydrogens is 348 g/mol. The van der Waals surface area contributed by atoms with Crippen LogP contribution in [0.5, 0.6) is 5.75 Å². The molecule has 0 aromatic heterocycles. The fourth-order valence-corrected chi connectivity index (χ4v) is 2.68. The Morgan fingerprint density at radius 2 is 1.81 bits per heavy atom. The number of halogens is 1. The van der Waals surface area contributed by atoms with Gasteiger partial charge in [-0.2, -0.15) is 0 Å². The van der Waals surface area contributed by atoms with E-state index in [-0.39, 0.29) is 11.4 Å². The quantitative estimate of drug-likeness (QED) is 0.652. The molecule has 5 heteroatoms. The first-order valence-corrected chi connectivity index (χ1v) is 9.18. The number of nitrogens with one attached hydrogen (secondary N) is 2. The van der Waals surface area contributed by atoms with Crippen LogP contribution in [0.1, 0.15) is 38.3 Å². The van der Waals surface area contributed by atoms with Gasteiger partial charge in [-0.05, 0) is 60.2 Å². The van der Waals surface area contributed by atoms with Crippen LogP contribution in [0.2, 0.25) is 5.02 Å². The lowest BCUT2D eigenvalue weighted by Gasteiger charge is -2.19. The summed E-state index contributed by atoms with van der Waals surface area (Å²) in [7, 11) is 0. The van der Waals surface area contributed by atoms with Crippen molar-refractivity contribution < 1.29 is 9.53 Å². The summed E-state index contributed by atoms with van der Waals surface area (Å²) in [5.74, 6) is 0.847. The molecule has 0 saturated heterocycles. The molecule has 2 aromatic rings. The highest BCUT2D eigenvalue weighted by Crippen LogP contribution is 2.24. The van der Waals surface area contributed by atoms with E-state index >= 15 is 0 Å². The summed E-state index contributed by atoms with van der Waals surface area (Å²) in [5.41, 5.74) is 3.09. The van der Waals surface area contributed by atoms with Crippen LogP contribution in [-0.4, -0.2) is 19.2 Å². The Morgan fingerprint density at radius 3 is 2.42 bits per heavy atom. The summed E-state index contributed by atoms with van der Waals surface area (Å²) < 4.78 is 5.72. The number of carbonyl (C=O) groups is 1. The van der Waals surface area contributed by atoms with Crippen LogP contribution < -0.4 is 15.4 Å². The Balaban J connectivity index is 1.68. The summed E-state index contributed by atoms with van der Waals surface area (Å²) in [6.07, 6.45) is 0.730. The normalized spacial score (nSPS) is 11.1. The Hall–Kier alpha value is -2.20. The standard InChI is InChI=1S/C21H27ClN2O2/c1-15-14-17(22)8-11-19(15)24-20(25)23-12-5-13-26-18-9-6-16(7-10-18)21(2,3)4/h6-11,14H,5,12-13H2,1-4H3,(H2,23,24,25). The second kappa shape index (κ2) is 8.95. The van der Waals surface area contributed by atoms with Gasteiger partial charge in [-0.1, -0.05) is 44.5 Å². The molecule has 0 aliphatic heterocycles. The largest absolute Gasteiger partial charge is 0.494 e. The van der Waals surface area contributed by atoms with Crippen LogP contribution in [0.15, 0.2) is 42.5 Å². The number of aryl methyl sites for hydroxylation is 1. The zero-order chi connectivity index (χ0) is 19.2. The van der Waals surface area contributed by atoms with Crippen molar-refractivity contribution in [1.82, 2.24) is 5.32 Å². The van der Waals surface area contributed by atoms with Gasteiger partial charge in [-0.15, -0.1) is 0 Å². The van der Waals surface area contributed by atoms with Gasteiger partial charge < -0.3 is 15.4 Å². The van der Waals surface area contributed by atoms with Crippen LogP contribution in [0.25, 0.3) is 0 Å². The Kier molecular flexibility index (Phi) is 6.92. The number of carbonyl (C=O) groups excluding carboxylic acids is 1. The molecule has 0 fully saturated rings. The zero-order valence-electron chi connectivity index (χ0n) is 15.9. The molecule has 0 heterocycles. The smallest absolute Gasteiger partial charge is 0.319 e. The van der Waals surface area contributed by atoms with Crippen molar-refractivity contribution in [2.45, 2.75) is 39.5 Å². The van der Waals surface area contributed by atoms with Crippen LogP contribution >= 0.6 is 11.6 Å². The van der Waals surface area contributed by atoms with Gasteiger partial charge in [0.05, 0.1) is 6.61 Å². The molecule has 0 aliphatic rings. The van der Waals surface area contributed by atoms with Gasteiger partial charge in [0, 0.05) is 17.3 Å². The van der Waals surface area contributed by atoms with Crippen molar-refractivity contribution in [2.75, 3.05) is 18.5 Å². The number of rotatable bonds is 6. The molecule has 26 heavy (non-hydrogen) atoms. The lowest BCUT2D eigenvalue weighted by atomic mass is 9.87. The summed E-state index contributed by atoms with van der Waals surface area (Å²) in [5, 5.41) is 6.30. The molecule has 140 valence electrons. The van der Waals surface area contributed by atoms with Crippen molar-refractivity contribution in [2.24, 2.45) is 0 Å². The first-order valence-electron chi connectivity index (χ1n) is 8.80. The van der Waals surface area contributed by atoms with Crippen molar-refractivity contribution in [1.29, 1.82) is 0 Å². The third-order valence-electron chi connectivity index (χ3n) is 4.03. The number of hydrogen-bond acceptors (Lipinski definition) is 2. The van der Waals surface area contributed by atoms with Crippen molar-refractivity contribution >= 4 is 23.3 Å². The van der Waals surface area contributed by atoms with Crippen molar-refractivity contribution in [3.63, 3.8) is 0 Å². The molecule has 0 aliphatic carbocycles. The SMILES string of the molecule is Cc1cc(Cl)ccc1NC(=O)NCCCOc1ccc(C(C)(C)C)cc1. The van der Waals surface area contributed by atoms with Crippen LogP contribution in [0, 0.1) is 6.92 Å². The maximum absolute atomic E-state index is 11.9. The van der Waals surface area contributed by atoms with E-state index in [2.05, 4.69) is 43.5 Å². The molecule has 2 amide bonds. The van der Waals surface area contributed by atoms with E-state index in [4.69, 9.17) is 16.3 Å². The highest BCUT2D eigenvalue weighted by molar-refractivity contribution is 6.30. The van der Waals surface area contributed by atoms with Crippen molar-refractivity contribution in [3.05, 3.63) is 58.6 Å². The molecule has 0 saturated carbocycles. The summed E-state index contributed by atoms with van der Waals surface area (Å²) in [6, 6.07) is 13.3. The number of hydrogen-bond donors (Lipinski definition) is 2. The summed E-state index contributed by atoms with van der Waals surface area (Å²) >= 11 is 5.91. The fourth-order valence-electron chi connectivity index (χ4n) is 2.45. The second-order valence-corrected chi connectivity index (χ2v) is 7.75. The van der Waals surface area contributed by atoms with E-state index in [0.717, 1.165) is 23.4 Å². The lowest BCUT2D eigenvalue weighted by Crippen LogP contribution is -2.30. The van der Waals surface area contributed by atoms with E-state index in [1.165, 1.54) is 5.56 Å². The molecule has 2 rings (SSSR count). The Labute approximate surface area is 160 Å². The minimum Gasteiger partial charge on any atom is -0.494 e. The van der Waals surface area contributed by atoms with Gasteiger partial charge in [0.15, 0.2) is 0 Å². The average molecular weight is 375 g/mol. The maximum Gasteiger partial charge on any atom is 0.319 e. The van der Waals surface area contributed by atoms with Crippen LogP contribution in [0.4, 0.5) is 10.5 Å². The molecular formula is C21H27ClN2O2. The van der Waals surface area contributed by atoms with Gasteiger partial charge >= 0.3 is 6.03 Å². The Morgan fingerprint density at radius 1 is 1.12 bits per heavy atom. The molecule has 2 N–H and O–H groups in total. The predicted molar refractivity (Wildman–Crippen MR) is 108 cm³/mol. The number of urea groups is 1. The van der Waals surface area contributed by atoms with Crippen LogP contribution in [0.3, 0.4) is 0 Å². The topological polar surface area (TPSA) is 50.4 Å². The molecule has 4 nitrogen and oxygen atoms in total. The number of anilines is 1. The molecule has 0 spiro atoms. The van der Waals surface area contributed by atoms with Crippen LogP contribution in [-0.2, 0) is 5.41 Å². The summed E-state index contributed by atoms with van der Waals surface area (Å²) in [4.78, 5) is 11.9. The van der Waals surface area contributed by atoms with E-state index in [1.807, 2.05) is 25.1 Å². The minimum atomic E-state index is -0.232. The van der Waals surface area contributed by atoms with E-state index < -0.39 is 0 Å². The molecule has 0 unspecified atom stereocenters. The summed E-state index contributed by atoms with van der Waals surface area (Å²) in [6.45, 7) is 9.55. The second-order valence-electron chi connectivity index (χ2n) is 7.32. The number of benzene rings is 2. The fraction of sp³-hybridized carbons (Fsp3) is 0.381. The zero-order valence-corrected chi connectivity index (χ0v) is 16.6. The van der Waals surface area contributed by atoms with Gasteiger partial charge in [-0.25, -0.2) is 4.79 Å². The number of ether oxygens (including phenoxy) is 1. The molecule has 2 aromatic carbocycles. The van der Waals surface area contributed by atoms with Gasteiger partial charge in [-0.3, -0.25) is 0 Å².